The van der Waals surface area contributed by atoms with E-state index < -0.39 is 10.8 Å². The SMILES string of the molecule is C[C@H]1CCCC[C@@H]1OCCNC(=O)N1CC[S@@](=O)[C@@H](C)[C@@H]1C. The number of carbonyl (C=O) groups is 1. The number of nitrogens with zero attached hydrogens (tertiary/aromatic N) is 1. The van der Waals surface area contributed by atoms with Gasteiger partial charge in [0, 0.05) is 35.7 Å². The van der Waals surface area contributed by atoms with E-state index in [4.69, 9.17) is 4.74 Å². The Bertz CT molecular complexity index is 405. The number of nitrogens with one attached hydrogen (secondary N) is 1. The molecule has 0 radical (unpaired) electrons. The van der Waals surface area contributed by atoms with Crippen LogP contribution in [0.5, 0.6) is 0 Å². The van der Waals surface area contributed by atoms with E-state index in [1.807, 2.05) is 13.8 Å². The standard InChI is InChI=1S/C16H30N2O3S/c1-12-6-4-5-7-15(12)21-10-8-17-16(19)18-9-11-22(20)14(3)13(18)2/h12-15H,4-11H2,1-3H3,(H,17,19)/t12-,13-,14-,15-,22+/m0/s1. The molecule has 0 unspecified atom stereocenters. The summed E-state index contributed by atoms with van der Waals surface area (Å²) < 4.78 is 17.7. The van der Waals surface area contributed by atoms with E-state index in [1.54, 1.807) is 4.90 Å². The number of carbonyl (C=O) groups excluding carboxylic acids is 1. The van der Waals surface area contributed by atoms with Crippen molar-refractivity contribution in [2.45, 2.75) is 63.9 Å². The molecule has 2 aliphatic rings. The summed E-state index contributed by atoms with van der Waals surface area (Å²) in [5.41, 5.74) is 0. The van der Waals surface area contributed by atoms with Gasteiger partial charge in [0.05, 0.1) is 18.0 Å². The quantitative estimate of drug-likeness (QED) is 0.804. The van der Waals surface area contributed by atoms with Gasteiger partial charge >= 0.3 is 6.03 Å². The van der Waals surface area contributed by atoms with Crippen LogP contribution in [0.3, 0.4) is 0 Å². The molecule has 1 saturated heterocycles. The van der Waals surface area contributed by atoms with Gasteiger partial charge in [0.15, 0.2) is 0 Å². The molecule has 22 heavy (non-hydrogen) atoms. The van der Waals surface area contributed by atoms with Crippen LogP contribution in [0.4, 0.5) is 4.79 Å². The molecule has 128 valence electrons. The van der Waals surface area contributed by atoms with Gasteiger partial charge in [-0.05, 0) is 32.6 Å². The monoisotopic (exact) mass is 330 g/mol. The Hall–Kier alpha value is -0.620. The summed E-state index contributed by atoms with van der Waals surface area (Å²) in [5.74, 6) is 1.21. The van der Waals surface area contributed by atoms with Gasteiger partial charge in [0.25, 0.3) is 0 Å². The van der Waals surface area contributed by atoms with E-state index in [2.05, 4.69) is 12.2 Å². The van der Waals surface area contributed by atoms with Crippen molar-refractivity contribution in [3.63, 3.8) is 0 Å². The zero-order chi connectivity index (χ0) is 16.1. The number of hydrogen-bond acceptors (Lipinski definition) is 3. The average Bonchev–Trinajstić information content (AvgIpc) is 2.50. The first kappa shape index (κ1) is 17.7. The van der Waals surface area contributed by atoms with Gasteiger partial charge in [-0.15, -0.1) is 0 Å². The molecular formula is C16H30N2O3S. The van der Waals surface area contributed by atoms with E-state index in [-0.39, 0.29) is 17.3 Å². The minimum Gasteiger partial charge on any atom is -0.376 e. The maximum atomic E-state index is 12.2. The number of amides is 2. The Labute approximate surface area is 136 Å². The van der Waals surface area contributed by atoms with Crippen LogP contribution in [0.2, 0.25) is 0 Å². The highest BCUT2D eigenvalue weighted by molar-refractivity contribution is 7.85. The zero-order valence-corrected chi connectivity index (χ0v) is 14.9. The van der Waals surface area contributed by atoms with Crippen LogP contribution >= 0.6 is 0 Å². The molecule has 1 aliphatic heterocycles. The second-order valence-electron chi connectivity index (χ2n) is 6.63. The normalized spacial score (nSPS) is 36.1. The van der Waals surface area contributed by atoms with Gasteiger partial charge < -0.3 is 15.0 Å². The van der Waals surface area contributed by atoms with Crippen molar-refractivity contribution in [3.05, 3.63) is 0 Å². The van der Waals surface area contributed by atoms with Crippen molar-refractivity contribution in [1.82, 2.24) is 10.2 Å². The summed E-state index contributed by atoms with van der Waals surface area (Å²) in [4.78, 5) is 14.0. The molecule has 1 aliphatic carbocycles. The minimum absolute atomic E-state index is 0.0221. The summed E-state index contributed by atoms with van der Waals surface area (Å²) >= 11 is 0. The van der Waals surface area contributed by atoms with Gasteiger partial charge in [0.2, 0.25) is 0 Å². The molecule has 2 rings (SSSR count). The van der Waals surface area contributed by atoms with E-state index in [0.717, 1.165) is 6.42 Å². The maximum Gasteiger partial charge on any atom is 0.317 e. The molecule has 5 atom stereocenters. The van der Waals surface area contributed by atoms with Crippen LogP contribution in [0.25, 0.3) is 0 Å². The average molecular weight is 330 g/mol. The van der Waals surface area contributed by atoms with Crippen LogP contribution in [0.1, 0.15) is 46.5 Å². The molecule has 1 N–H and O–H groups in total. The molecule has 0 aromatic carbocycles. The van der Waals surface area contributed by atoms with Crippen molar-refractivity contribution in [2.24, 2.45) is 5.92 Å². The van der Waals surface area contributed by atoms with Gasteiger partial charge in [0.1, 0.15) is 0 Å². The lowest BCUT2D eigenvalue weighted by molar-refractivity contribution is -0.00280. The van der Waals surface area contributed by atoms with Gasteiger partial charge in [-0.25, -0.2) is 4.79 Å². The van der Waals surface area contributed by atoms with Crippen LogP contribution in [-0.4, -0.2) is 58.0 Å². The fourth-order valence-electron chi connectivity index (χ4n) is 3.34. The molecule has 2 fully saturated rings. The molecule has 1 saturated carbocycles. The Kier molecular flexibility index (Phi) is 6.68. The Morgan fingerprint density at radius 3 is 2.73 bits per heavy atom. The first-order chi connectivity index (χ1) is 10.5. The Morgan fingerprint density at radius 2 is 2.00 bits per heavy atom. The summed E-state index contributed by atoms with van der Waals surface area (Å²) in [6, 6.07) is -0.0368. The predicted molar refractivity (Wildman–Crippen MR) is 89.4 cm³/mol. The van der Waals surface area contributed by atoms with E-state index in [9.17, 15) is 9.00 Å². The Balaban J connectivity index is 1.68. The lowest BCUT2D eigenvalue weighted by Gasteiger charge is -2.37. The molecule has 0 bridgehead atoms. The second kappa shape index (κ2) is 8.29. The summed E-state index contributed by atoms with van der Waals surface area (Å²) in [5, 5.41) is 2.98. The van der Waals surface area contributed by atoms with Crippen LogP contribution < -0.4 is 5.32 Å². The predicted octanol–water partition coefficient (Wildman–Crippen LogP) is 2.13. The van der Waals surface area contributed by atoms with Crippen molar-refractivity contribution in [2.75, 3.05) is 25.4 Å². The maximum absolute atomic E-state index is 12.2. The number of urea groups is 1. The highest BCUT2D eigenvalue weighted by Crippen LogP contribution is 2.26. The lowest BCUT2D eigenvalue weighted by atomic mass is 9.88. The molecule has 2 amide bonds. The van der Waals surface area contributed by atoms with Crippen molar-refractivity contribution >= 4 is 16.8 Å². The van der Waals surface area contributed by atoms with Crippen molar-refractivity contribution in [3.8, 4) is 0 Å². The number of rotatable bonds is 4. The van der Waals surface area contributed by atoms with E-state index >= 15 is 0 Å². The van der Waals surface area contributed by atoms with Gasteiger partial charge in [-0.3, -0.25) is 4.21 Å². The van der Waals surface area contributed by atoms with Gasteiger partial charge in [-0.1, -0.05) is 19.8 Å². The Morgan fingerprint density at radius 1 is 1.27 bits per heavy atom. The molecule has 5 nitrogen and oxygen atoms in total. The fourth-order valence-corrected chi connectivity index (χ4v) is 4.67. The van der Waals surface area contributed by atoms with Gasteiger partial charge in [-0.2, -0.15) is 0 Å². The zero-order valence-electron chi connectivity index (χ0n) is 14.0. The second-order valence-corrected chi connectivity index (χ2v) is 8.54. The third-order valence-corrected chi connectivity index (χ3v) is 6.93. The molecule has 6 heteroatoms. The van der Waals surface area contributed by atoms with E-state index in [1.165, 1.54) is 19.3 Å². The highest BCUT2D eigenvalue weighted by Gasteiger charge is 2.32. The lowest BCUT2D eigenvalue weighted by Crippen LogP contribution is -2.55. The van der Waals surface area contributed by atoms with Crippen molar-refractivity contribution < 1.29 is 13.7 Å². The smallest absolute Gasteiger partial charge is 0.317 e. The summed E-state index contributed by atoms with van der Waals surface area (Å²) in [6.45, 7) is 7.87. The molecule has 0 aromatic rings. The molecule has 0 aromatic heterocycles. The van der Waals surface area contributed by atoms with Crippen LogP contribution in [-0.2, 0) is 15.5 Å². The highest BCUT2D eigenvalue weighted by atomic mass is 32.2. The van der Waals surface area contributed by atoms with E-state index in [0.29, 0.717) is 37.5 Å². The topological polar surface area (TPSA) is 58.6 Å². The van der Waals surface area contributed by atoms with Crippen LogP contribution in [0.15, 0.2) is 0 Å². The minimum atomic E-state index is -0.813. The first-order valence-electron chi connectivity index (χ1n) is 8.54. The number of ether oxygens (including phenoxy) is 1. The largest absolute Gasteiger partial charge is 0.376 e. The third-order valence-electron chi connectivity index (χ3n) is 5.12. The third kappa shape index (κ3) is 4.44. The first-order valence-corrected chi connectivity index (χ1v) is 9.92. The summed E-state index contributed by atoms with van der Waals surface area (Å²) in [6.07, 6.45) is 5.30. The number of hydrogen-bond donors (Lipinski definition) is 1. The molecule has 0 spiro atoms. The van der Waals surface area contributed by atoms with Crippen molar-refractivity contribution in [1.29, 1.82) is 0 Å². The molecular weight excluding hydrogens is 300 g/mol. The summed E-state index contributed by atoms with van der Waals surface area (Å²) in [7, 11) is -0.813. The fraction of sp³-hybridized carbons (Fsp3) is 0.938. The molecule has 1 heterocycles. The van der Waals surface area contributed by atoms with Crippen LogP contribution in [0, 0.1) is 5.92 Å².